The molecule has 29 heavy (non-hydrogen) atoms. The summed E-state index contributed by atoms with van der Waals surface area (Å²) in [5.41, 5.74) is 2.06. The van der Waals surface area contributed by atoms with Crippen molar-refractivity contribution >= 4 is 5.91 Å². The van der Waals surface area contributed by atoms with Gasteiger partial charge in [-0.15, -0.1) is 0 Å². The zero-order valence-electron chi connectivity index (χ0n) is 15.6. The third-order valence-electron chi connectivity index (χ3n) is 4.65. The van der Waals surface area contributed by atoms with Crippen molar-refractivity contribution in [1.29, 1.82) is 5.26 Å². The number of carbonyl (C=O) groups excluding carboxylic acids is 1. The largest absolute Gasteiger partial charge is 0.454 e. The fraction of sp³-hybridized carbons (Fsp3) is 0.136. The fourth-order valence-electron chi connectivity index (χ4n) is 3.17. The predicted octanol–water partition coefficient (Wildman–Crippen LogP) is 2.68. The van der Waals surface area contributed by atoms with Crippen LogP contribution in [-0.4, -0.2) is 17.3 Å². The summed E-state index contributed by atoms with van der Waals surface area (Å²) < 4.78 is 12.0. The number of rotatable bonds is 4. The SMILES string of the molecule is Cc1ccc(C(=O)NCc2ccc3c(c2)OCO3)c(=O)n1-c1cccc(C#N)c1. The summed E-state index contributed by atoms with van der Waals surface area (Å²) in [6.07, 6.45) is 0. The van der Waals surface area contributed by atoms with Crippen molar-refractivity contribution in [3.63, 3.8) is 0 Å². The molecule has 7 nitrogen and oxygen atoms in total. The summed E-state index contributed by atoms with van der Waals surface area (Å²) in [5.74, 6) is 0.825. The van der Waals surface area contributed by atoms with Crippen molar-refractivity contribution < 1.29 is 14.3 Å². The quantitative estimate of drug-likeness (QED) is 0.743. The van der Waals surface area contributed by atoms with Gasteiger partial charge in [0.2, 0.25) is 6.79 Å². The van der Waals surface area contributed by atoms with Crippen LogP contribution in [0.15, 0.2) is 59.4 Å². The van der Waals surface area contributed by atoms with E-state index >= 15 is 0 Å². The molecule has 4 rings (SSSR count). The van der Waals surface area contributed by atoms with Crippen molar-refractivity contribution in [2.24, 2.45) is 0 Å². The van der Waals surface area contributed by atoms with E-state index in [0.29, 0.717) is 28.4 Å². The predicted molar refractivity (Wildman–Crippen MR) is 105 cm³/mol. The van der Waals surface area contributed by atoms with Gasteiger partial charge in [0.05, 0.1) is 17.3 Å². The Hall–Kier alpha value is -4.05. The lowest BCUT2D eigenvalue weighted by atomic mass is 10.1. The van der Waals surface area contributed by atoms with E-state index < -0.39 is 11.5 Å². The Balaban J connectivity index is 1.59. The minimum Gasteiger partial charge on any atom is -0.454 e. The smallest absolute Gasteiger partial charge is 0.268 e. The van der Waals surface area contributed by atoms with E-state index in [4.69, 9.17) is 14.7 Å². The molecule has 144 valence electrons. The second-order valence-corrected chi connectivity index (χ2v) is 6.56. The Labute approximate surface area is 166 Å². The molecular weight excluding hydrogens is 370 g/mol. The first-order chi connectivity index (χ1) is 14.1. The van der Waals surface area contributed by atoms with Gasteiger partial charge in [0.1, 0.15) is 5.56 Å². The highest BCUT2D eigenvalue weighted by Crippen LogP contribution is 2.32. The monoisotopic (exact) mass is 387 g/mol. The summed E-state index contributed by atoms with van der Waals surface area (Å²) in [6.45, 7) is 2.20. The van der Waals surface area contributed by atoms with Crippen LogP contribution < -0.4 is 20.3 Å². The van der Waals surface area contributed by atoms with Gasteiger partial charge in [-0.1, -0.05) is 12.1 Å². The average molecular weight is 387 g/mol. The van der Waals surface area contributed by atoms with Crippen LogP contribution in [0.4, 0.5) is 0 Å². The molecule has 0 saturated heterocycles. The lowest BCUT2D eigenvalue weighted by molar-refractivity contribution is 0.0949. The number of aromatic nitrogens is 1. The average Bonchev–Trinajstić information content (AvgIpc) is 3.20. The molecular formula is C22H17N3O4. The van der Waals surface area contributed by atoms with Crippen LogP contribution in [0.5, 0.6) is 11.5 Å². The molecule has 0 bridgehead atoms. The van der Waals surface area contributed by atoms with E-state index in [0.717, 1.165) is 5.56 Å². The van der Waals surface area contributed by atoms with Crippen LogP contribution in [-0.2, 0) is 6.54 Å². The number of benzene rings is 2. The Morgan fingerprint density at radius 3 is 2.79 bits per heavy atom. The molecule has 0 spiro atoms. The Morgan fingerprint density at radius 2 is 1.97 bits per heavy atom. The number of nitrogens with zero attached hydrogens (tertiary/aromatic N) is 2. The van der Waals surface area contributed by atoms with Crippen molar-refractivity contribution in [3.8, 4) is 23.3 Å². The third kappa shape index (κ3) is 3.56. The van der Waals surface area contributed by atoms with E-state index in [1.807, 2.05) is 6.07 Å². The number of carbonyl (C=O) groups is 1. The lowest BCUT2D eigenvalue weighted by Crippen LogP contribution is -2.33. The second kappa shape index (κ2) is 7.52. The Kier molecular flexibility index (Phi) is 4.75. The maximum atomic E-state index is 13.0. The molecule has 0 radical (unpaired) electrons. The molecule has 0 unspecified atom stereocenters. The third-order valence-corrected chi connectivity index (χ3v) is 4.65. The minimum atomic E-state index is -0.474. The number of nitrogens with one attached hydrogen (secondary N) is 1. The minimum absolute atomic E-state index is 0.0266. The number of fused-ring (bicyclic) bond motifs is 1. The first-order valence-corrected chi connectivity index (χ1v) is 8.97. The highest BCUT2D eigenvalue weighted by molar-refractivity contribution is 5.93. The summed E-state index contributed by atoms with van der Waals surface area (Å²) in [4.78, 5) is 25.6. The standard InChI is InChI=1S/C22H17N3O4/c1-14-5-7-18(22(27)25(14)17-4-2-3-15(9-17)11-23)21(26)24-12-16-6-8-19-20(10-16)29-13-28-19/h2-10H,12-13H2,1H3,(H,24,26). The Morgan fingerprint density at radius 1 is 1.14 bits per heavy atom. The second-order valence-electron chi connectivity index (χ2n) is 6.56. The molecule has 0 atom stereocenters. The molecule has 2 aromatic carbocycles. The molecule has 0 fully saturated rings. The molecule has 1 aliphatic heterocycles. The molecule has 1 N–H and O–H groups in total. The first-order valence-electron chi connectivity index (χ1n) is 8.97. The molecule has 2 heterocycles. The zero-order chi connectivity index (χ0) is 20.4. The van der Waals surface area contributed by atoms with Gasteiger partial charge in [0, 0.05) is 12.2 Å². The summed E-state index contributed by atoms with van der Waals surface area (Å²) >= 11 is 0. The number of hydrogen-bond donors (Lipinski definition) is 1. The summed E-state index contributed by atoms with van der Waals surface area (Å²) in [6, 6.07) is 17.4. The van der Waals surface area contributed by atoms with Gasteiger partial charge in [0.25, 0.3) is 11.5 Å². The van der Waals surface area contributed by atoms with E-state index in [9.17, 15) is 9.59 Å². The first kappa shape index (κ1) is 18.3. The van der Waals surface area contributed by atoms with Gasteiger partial charge >= 0.3 is 0 Å². The van der Waals surface area contributed by atoms with E-state index in [2.05, 4.69) is 11.4 Å². The van der Waals surface area contributed by atoms with E-state index in [-0.39, 0.29) is 18.9 Å². The van der Waals surface area contributed by atoms with Gasteiger partial charge in [-0.25, -0.2) is 0 Å². The van der Waals surface area contributed by atoms with Gasteiger partial charge in [-0.05, 0) is 55.0 Å². The molecule has 1 aromatic heterocycles. The molecule has 3 aromatic rings. The maximum absolute atomic E-state index is 13.0. The van der Waals surface area contributed by atoms with Gasteiger partial charge < -0.3 is 14.8 Å². The number of nitriles is 1. The molecule has 0 saturated carbocycles. The molecule has 0 aliphatic carbocycles. The van der Waals surface area contributed by atoms with Crippen LogP contribution in [0.3, 0.4) is 0 Å². The normalized spacial score (nSPS) is 11.7. The van der Waals surface area contributed by atoms with Crippen molar-refractivity contribution in [2.75, 3.05) is 6.79 Å². The fourth-order valence-corrected chi connectivity index (χ4v) is 3.17. The van der Waals surface area contributed by atoms with Crippen LogP contribution in [0.25, 0.3) is 5.69 Å². The lowest BCUT2D eigenvalue weighted by Gasteiger charge is -2.12. The molecule has 1 aliphatic rings. The zero-order valence-corrected chi connectivity index (χ0v) is 15.6. The number of aryl methyl sites for hydroxylation is 1. The molecule has 7 heteroatoms. The van der Waals surface area contributed by atoms with Crippen LogP contribution in [0.1, 0.15) is 27.2 Å². The number of pyridine rings is 1. The van der Waals surface area contributed by atoms with Crippen molar-refractivity contribution in [3.05, 3.63) is 87.3 Å². The number of amides is 1. The van der Waals surface area contributed by atoms with Crippen molar-refractivity contribution in [2.45, 2.75) is 13.5 Å². The highest BCUT2D eigenvalue weighted by atomic mass is 16.7. The van der Waals surface area contributed by atoms with Gasteiger partial charge in [-0.2, -0.15) is 5.26 Å². The van der Waals surface area contributed by atoms with E-state index in [1.165, 1.54) is 10.6 Å². The summed E-state index contributed by atoms with van der Waals surface area (Å²) in [7, 11) is 0. The summed E-state index contributed by atoms with van der Waals surface area (Å²) in [5, 5.41) is 11.9. The number of ether oxygens (including phenoxy) is 2. The van der Waals surface area contributed by atoms with E-state index in [1.54, 1.807) is 49.4 Å². The Bertz CT molecular complexity index is 1210. The van der Waals surface area contributed by atoms with Crippen molar-refractivity contribution in [1.82, 2.24) is 9.88 Å². The van der Waals surface area contributed by atoms with Crippen LogP contribution in [0.2, 0.25) is 0 Å². The van der Waals surface area contributed by atoms with Gasteiger partial charge in [0.15, 0.2) is 11.5 Å². The van der Waals surface area contributed by atoms with Crippen LogP contribution in [0, 0.1) is 18.3 Å². The number of hydrogen-bond acceptors (Lipinski definition) is 5. The maximum Gasteiger partial charge on any atom is 0.268 e. The highest BCUT2D eigenvalue weighted by Gasteiger charge is 2.16. The van der Waals surface area contributed by atoms with Gasteiger partial charge in [-0.3, -0.25) is 14.2 Å². The van der Waals surface area contributed by atoms with Crippen LogP contribution >= 0.6 is 0 Å². The topological polar surface area (TPSA) is 93.3 Å². The molecule has 1 amide bonds.